The summed E-state index contributed by atoms with van der Waals surface area (Å²) >= 11 is 5.90. The first kappa shape index (κ1) is 15.1. The lowest BCUT2D eigenvalue weighted by Crippen LogP contribution is -2.40. The van der Waals surface area contributed by atoms with Crippen LogP contribution in [0.5, 0.6) is 0 Å². The monoisotopic (exact) mass is 323 g/mol. The molecule has 1 aromatic carbocycles. The van der Waals surface area contributed by atoms with Crippen LogP contribution in [0.15, 0.2) is 29.2 Å². The van der Waals surface area contributed by atoms with Crippen LogP contribution in [0.2, 0.25) is 0 Å². The van der Waals surface area contributed by atoms with E-state index in [4.69, 9.17) is 12.2 Å². The van der Waals surface area contributed by atoms with E-state index < -0.39 is 23.3 Å². The summed E-state index contributed by atoms with van der Waals surface area (Å²) in [6.45, 7) is -0.595. The van der Waals surface area contributed by atoms with E-state index in [2.05, 4.69) is 0 Å². The lowest BCUT2D eigenvalue weighted by Gasteiger charge is -2.14. The van der Waals surface area contributed by atoms with Gasteiger partial charge in [-0.2, -0.15) is 0 Å². The Morgan fingerprint density at radius 1 is 1.38 bits per heavy atom. The zero-order valence-corrected chi connectivity index (χ0v) is 12.0. The molecule has 1 aliphatic heterocycles. The van der Waals surface area contributed by atoms with Crippen molar-refractivity contribution in [2.45, 2.75) is 0 Å². The van der Waals surface area contributed by atoms with Gasteiger partial charge in [-0.15, -0.1) is 0 Å². The second-order valence-electron chi connectivity index (χ2n) is 3.99. The van der Waals surface area contributed by atoms with Crippen molar-refractivity contribution in [1.29, 1.82) is 0 Å². The fourth-order valence-electron chi connectivity index (χ4n) is 1.61. The second kappa shape index (κ2) is 6.02. The molecule has 1 aromatic rings. The molecule has 1 saturated heterocycles. The van der Waals surface area contributed by atoms with Crippen LogP contribution in [-0.4, -0.2) is 32.6 Å². The predicted octanol–water partition coefficient (Wildman–Crippen LogP) is 0.546. The first-order valence-electron chi connectivity index (χ1n) is 5.58. The highest BCUT2D eigenvalue weighted by atomic mass is 32.2. The smallest absolute Gasteiger partial charge is 0.269 e. The molecule has 2 rings (SSSR count). The van der Waals surface area contributed by atoms with Crippen molar-refractivity contribution in [3.63, 3.8) is 0 Å². The van der Waals surface area contributed by atoms with E-state index in [-0.39, 0.29) is 14.9 Å². The molecule has 9 heteroatoms. The topological polar surface area (TPSA) is 104 Å². The summed E-state index contributed by atoms with van der Waals surface area (Å²) < 4.78 is 0.136. The third kappa shape index (κ3) is 3.44. The number of benzene rings is 1. The van der Waals surface area contributed by atoms with Crippen LogP contribution in [0.4, 0.5) is 5.69 Å². The number of nitro groups is 1. The van der Waals surface area contributed by atoms with Gasteiger partial charge in [0.15, 0.2) is 0 Å². The van der Waals surface area contributed by atoms with Gasteiger partial charge in [-0.05, 0) is 23.8 Å². The van der Waals surface area contributed by atoms with Crippen LogP contribution in [0.3, 0.4) is 0 Å². The fourth-order valence-corrected chi connectivity index (χ4v) is 2.86. The average Bonchev–Trinajstić information content (AvgIpc) is 2.67. The normalized spacial score (nSPS) is 16.6. The summed E-state index contributed by atoms with van der Waals surface area (Å²) in [7, 11) is 0. The summed E-state index contributed by atoms with van der Waals surface area (Å²) in [5.74, 6) is -1.92. The highest BCUT2D eigenvalue weighted by Crippen LogP contribution is 2.32. The maximum absolute atomic E-state index is 12.0. The number of nitro benzene ring substituents is 1. The van der Waals surface area contributed by atoms with Crippen LogP contribution >= 0.6 is 24.0 Å². The van der Waals surface area contributed by atoms with E-state index >= 15 is 0 Å². The number of carbonyl (C=O) groups is 2. The summed E-state index contributed by atoms with van der Waals surface area (Å²) in [6, 6.07) is 5.61. The first-order valence-corrected chi connectivity index (χ1v) is 6.80. The van der Waals surface area contributed by atoms with Crippen molar-refractivity contribution in [3.8, 4) is 0 Å². The number of nitrogens with zero attached hydrogens (tertiary/aromatic N) is 2. The molecule has 0 aliphatic carbocycles. The van der Waals surface area contributed by atoms with E-state index in [1.807, 2.05) is 0 Å². The van der Waals surface area contributed by atoms with Crippen LogP contribution in [0, 0.1) is 10.1 Å². The number of aliphatic carboxylic acids is 1. The molecule has 1 amide bonds. The fraction of sp³-hybridized carbons (Fsp3) is 0.0833. The van der Waals surface area contributed by atoms with E-state index in [1.165, 1.54) is 30.3 Å². The van der Waals surface area contributed by atoms with Crippen LogP contribution in [0.25, 0.3) is 6.08 Å². The van der Waals surface area contributed by atoms with Crippen molar-refractivity contribution >= 4 is 51.9 Å². The van der Waals surface area contributed by atoms with Crippen LogP contribution in [0.1, 0.15) is 5.56 Å². The van der Waals surface area contributed by atoms with Crippen LogP contribution < -0.4 is 5.11 Å². The molecule has 0 N–H and O–H groups in total. The number of hydrogen-bond donors (Lipinski definition) is 0. The lowest BCUT2D eigenvalue weighted by molar-refractivity contribution is -0.384. The molecule has 0 unspecified atom stereocenters. The van der Waals surface area contributed by atoms with Gasteiger partial charge in [0.05, 0.1) is 22.3 Å². The summed E-state index contributed by atoms with van der Waals surface area (Å²) in [5.41, 5.74) is 0.520. The number of amides is 1. The molecule has 7 nitrogen and oxygen atoms in total. The quantitative estimate of drug-likeness (QED) is 0.345. The van der Waals surface area contributed by atoms with Gasteiger partial charge in [-0.3, -0.25) is 19.8 Å². The van der Waals surface area contributed by atoms with Gasteiger partial charge in [0, 0.05) is 12.1 Å². The standard InChI is InChI=1S/C12H8N2O5S2/c15-10(16)6-13-11(17)9(21-12(13)20)5-7-1-3-8(4-2-7)14(18)19/h1-5H,6H2,(H,15,16)/p-1. The highest BCUT2D eigenvalue weighted by molar-refractivity contribution is 8.26. The Morgan fingerprint density at radius 2 is 2.00 bits per heavy atom. The van der Waals surface area contributed by atoms with Crippen LogP contribution in [-0.2, 0) is 9.59 Å². The summed E-state index contributed by atoms with van der Waals surface area (Å²) in [4.78, 5) is 33.8. The molecule has 0 atom stereocenters. The van der Waals surface area contributed by atoms with Crippen molar-refractivity contribution < 1.29 is 19.6 Å². The molecule has 0 spiro atoms. The van der Waals surface area contributed by atoms with Crippen molar-refractivity contribution in [1.82, 2.24) is 4.90 Å². The number of carbonyl (C=O) groups excluding carboxylic acids is 2. The van der Waals surface area contributed by atoms with Gasteiger partial charge in [0.2, 0.25) is 0 Å². The van der Waals surface area contributed by atoms with Gasteiger partial charge >= 0.3 is 0 Å². The number of hydrogen-bond acceptors (Lipinski definition) is 7. The Hall–Kier alpha value is -2.26. The lowest BCUT2D eigenvalue weighted by atomic mass is 10.2. The number of rotatable bonds is 4. The van der Waals surface area contributed by atoms with Crippen molar-refractivity contribution in [2.24, 2.45) is 0 Å². The third-order valence-electron chi connectivity index (χ3n) is 2.56. The maximum Gasteiger partial charge on any atom is 0.269 e. The number of thiocarbonyl (C=S) groups is 1. The zero-order valence-electron chi connectivity index (χ0n) is 10.3. The Kier molecular flexibility index (Phi) is 4.34. The predicted molar refractivity (Wildman–Crippen MR) is 78.0 cm³/mol. The van der Waals surface area contributed by atoms with Crippen molar-refractivity contribution in [2.75, 3.05) is 6.54 Å². The van der Waals surface area contributed by atoms with Gasteiger partial charge in [-0.25, -0.2) is 0 Å². The zero-order chi connectivity index (χ0) is 15.6. The number of carboxylic acid groups (broad SMARTS) is 1. The molecule has 108 valence electrons. The van der Waals surface area contributed by atoms with Gasteiger partial charge < -0.3 is 9.90 Å². The first-order chi connectivity index (χ1) is 9.88. The number of non-ortho nitro benzene ring substituents is 1. The highest BCUT2D eigenvalue weighted by Gasteiger charge is 2.31. The molecule has 0 aromatic heterocycles. The Labute approximate surface area is 128 Å². The minimum Gasteiger partial charge on any atom is -0.548 e. The molecule has 0 radical (unpaired) electrons. The maximum atomic E-state index is 12.0. The molecular formula is C12H7N2O5S2-. The Balaban J connectivity index is 2.22. The molecule has 1 aliphatic rings. The summed E-state index contributed by atoms with van der Waals surface area (Å²) in [6.07, 6.45) is 1.50. The number of carboxylic acids is 1. The molecule has 1 heterocycles. The van der Waals surface area contributed by atoms with Gasteiger partial charge in [0.25, 0.3) is 11.6 Å². The molecule has 0 saturated carbocycles. The molecule has 0 bridgehead atoms. The Morgan fingerprint density at radius 3 is 2.52 bits per heavy atom. The average molecular weight is 323 g/mol. The molecule has 1 fully saturated rings. The van der Waals surface area contributed by atoms with E-state index in [0.717, 1.165) is 16.7 Å². The van der Waals surface area contributed by atoms with Gasteiger partial charge in [-0.1, -0.05) is 24.0 Å². The van der Waals surface area contributed by atoms with Gasteiger partial charge in [0.1, 0.15) is 4.32 Å². The van der Waals surface area contributed by atoms with E-state index in [0.29, 0.717) is 5.56 Å². The van der Waals surface area contributed by atoms with Crippen molar-refractivity contribution in [3.05, 3.63) is 44.8 Å². The van der Waals surface area contributed by atoms with E-state index in [1.54, 1.807) is 0 Å². The molecular weight excluding hydrogens is 316 g/mol. The minimum atomic E-state index is -1.40. The molecule has 21 heavy (non-hydrogen) atoms. The summed E-state index contributed by atoms with van der Waals surface area (Å²) in [5, 5.41) is 21.1. The SMILES string of the molecule is O=C([O-])CN1C(=O)C(=Cc2ccc([N+](=O)[O-])cc2)SC1=S. The Bertz CT molecular complexity index is 669. The minimum absolute atomic E-state index is 0.0587. The number of thioether (sulfide) groups is 1. The second-order valence-corrected chi connectivity index (χ2v) is 5.66. The largest absolute Gasteiger partial charge is 0.548 e. The van der Waals surface area contributed by atoms with E-state index in [9.17, 15) is 24.8 Å². The third-order valence-corrected chi connectivity index (χ3v) is 3.94.